The zero-order valence-corrected chi connectivity index (χ0v) is 30.1. The Morgan fingerprint density at radius 1 is 0.944 bits per heavy atom. The normalized spacial score (nSPS) is 23.6. The van der Waals surface area contributed by atoms with Gasteiger partial charge in [0.2, 0.25) is 0 Å². The number of likely N-dealkylation sites (tertiary alicyclic amines) is 1. The molecular weight excluding hydrogens is 689 g/mol. The predicted molar refractivity (Wildman–Crippen MR) is 202 cm³/mol. The fraction of sp³-hybridized carbons (Fsp3) is 0.452. The highest BCUT2D eigenvalue weighted by Crippen LogP contribution is 2.39. The van der Waals surface area contributed by atoms with E-state index in [-0.39, 0.29) is 23.9 Å². The lowest BCUT2D eigenvalue weighted by Gasteiger charge is -2.36. The van der Waals surface area contributed by atoms with Crippen molar-refractivity contribution in [3.8, 4) is 23.0 Å². The van der Waals surface area contributed by atoms with Crippen LogP contribution in [0.25, 0.3) is 38.5 Å². The number of alkyl halides is 2. The third kappa shape index (κ3) is 6.42. The fourth-order valence-electron chi connectivity index (χ4n) is 9.23. The van der Waals surface area contributed by atoms with E-state index in [2.05, 4.69) is 56.1 Å². The Labute approximate surface area is 312 Å². The van der Waals surface area contributed by atoms with E-state index in [4.69, 9.17) is 18.9 Å². The van der Waals surface area contributed by atoms with Gasteiger partial charge in [0.1, 0.15) is 23.7 Å². The SMILES string of the molecule is FC(F)c1nn(C2CCC(CN3CCC(OCC#Cc4ccc5c(ccc6occc65)c4)CC3)CC2)cc1-c1cnn2ccc(N3CC4CC3CO4)nc12. The number of nitrogens with zero attached hydrogens (tertiary/aromatic N) is 7. The number of piperidine rings is 1. The first-order chi connectivity index (χ1) is 26.5. The van der Waals surface area contributed by atoms with Crippen LogP contribution in [-0.4, -0.2) is 86.9 Å². The van der Waals surface area contributed by atoms with Crippen molar-refractivity contribution in [2.45, 2.75) is 75.7 Å². The first-order valence-corrected chi connectivity index (χ1v) is 19.4. The lowest BCUT2D eigenvalue weighted by molar-refractivity contribution is 0.0187. The summed E-state index contributed by atoms with van der Waals surface area (Å²) in [6.07, 6.45) is 11.8. The topological polar surface area (TPSA) is 86.1 Å². The number of hydrogen-bond donors (Lipinski definition) is 0. The Morgan fingerprint density at radius 2 is 1.83 bits per heavy atom. The standard InChI is InChI=1S/C42H43F2N7O3/c43-41(44)40-37(36-22-45-50-17-13-39(46-42(36)50)49-24-33-21-31(49)26-54-33)25-51(47-40)30-7-3-28(4-8-30)23-48-15-11-32(12-16-48)52-18-1-2-27-5-9-34-29(20-27)6-10-38-35(34)14-19-53-38/h5-6,9-10,13-14,17,19-20,22,25,28,30-33,41H,3-4,7-8,11-12,15-16,18,21,23-24,26H2. The zero-order chi connectivity index (χ0) is 36.2. The summed E-state index contributed by atoms with van der Waals surface area (Å²) < 4.78 is 49.8. The number of ether oxygens (including phenoxy) is 2. The second-order valence-electron chi connectivity index (χ2n) is 15.4. The van der Waals surface area contributed by atoms with E-state index in [1.165, 1.54) is 5.39 Å². The van der Waals surface area contributed by atoms with E-state index >= 15 is 0 Å². The number of furan rings is 1. The molecule has 54 heavy (non-hydrogen) atoms. The van der Waals surface area contributed by atoms with Crippen LogP contribution in [0.4, 0.5) is 14.6 Å². The highest BCUT2D eigenvalue weighted by molar-refractivity contribution is 6.06. The molecule has 3 saturated heterocycles. The molecule has 0 amide bonds. The van der Waals surface area contributed by atoms with Crippen molar-refractivity contribution in [3.63, 3.8) is 0 Å². The van der Waals surface area contributed by atoms with Crippen molar-refractivity contribution in [2.24, 2.45) is 5.92 Å². The third-order valence-corrected chi connectivity index (χ3v) is 12.1. The molecule has 4 aliphatic rings. The van der Waals surface area contributed by atoms with E-state index in [1.54, 1.807) is 27.9 Å². The van der Waals surface area contributed by atoms with Crippen molar-refractivity contribution in [3.05, 3.63) is 78.6 Å². The summed E-state index contributed by atoms with van der Waals surface area (Å²) in [5.41, 5.74) is 3.26. The fourth-order valence-corrected chi connectivity index (χ4v) is 9.23. The maximum absolute atomic E-state index is 14.4. The van der Waals surface area contributed by atoms with Crippen LogP contribution in [0.1, 0.15) is 68.7 Å². The molecule has 2 bridgehead atoms. The zero-order valence-electron chi connectivity index (χ0n) is 30.1. The van der Waals surface area contributed by atoms with Gasteiger partial charge in [0.25, 0.3) is 6.43 Å². The van der Waals surface area contributed by atoms with Crippen LogP contribution in [0, 0.1) is 17.8 Å². The summed E-state index contributed by atoms with van der Waals surface area (Å²) in [6, 6.07) is 14.7. The van der Waals surface area contributed by atoms with Crippen molar-refractivity contribution in [1.82, 2.24) is 29.3 Å². The van der Waals surface area contributed by atoms with E-state index in [0.29, 0.717) is 41.9 Å². The average molecular weight is 732 g/mol. The molecule has 4 fully saturated rings. The van der Waals surface area contributed by atoms with Gasteiger partial charge in [-0.3, -0.25) is 4.68 Å². The Morgan fingerprint density at radius 3 is 2.65 bits per heavy atom. The van der Waals surface area contributed by atoms with Crippen LogP contribution >= 0.6 is 0 Å². The molecule has 10 rings (SSSR count). The van der Waals surface area contributed by atoms with Gasteiger partial charge in [-0.25, -0.2) is 18.3 Å². The molecule has 10 nitrogen and oxygen atoms in total. The summed E-state index contributed by atoms with van der Waals surface area (Å²) in [4.78, 5) is 9.75. The highest BCUT2D eigenvalue weighted by Gasteiger charge is 2.40. The monoisotopic (exact) mass is 731 g/mol. The average Bonchev–Trinajstić information content (AvgIpc) is 4.05. The Kier molecular flexibility index (Phi) is 8.81. The molecule has 0 N–H and O–H groups in total. The van der Waals surface area contributed by atoms with Gasteiger partial charge in [0.15, 0.2) is 5.65 Å². The van der Waals surface area contributed by atoms with Gasteiger partial charge < -0.3 is 23.7 Å². The number of fused-ring (bicyclic) bond motifs is 6. The van der Waals surface area contributed by atoms with E-state index in [0.717, 1.165) is 98.9 Å². The number of anilines is 1. The maximum atomic E-state index is 14.4. The molecular formula is C42H43F2N7O3. The molecule has 1 aliphatic carbocycles. The number of benzene rings is 2. The second-order valence-corrected chi connectivity index (χ2v) is 15.4. The molecule has 12 heteroatoms. The van der Waals surface area contributed by atoms with Gasteiger partial charge in [-0.05, 0) is 92.0 Å². The van der Waals surface area contributed by atoms with Crippen molar-refractivity contribution in [1.29, 1.82) is 0 Å². The highest BCUT2D eigenvalue weighted by atomic mass is 19.3. The molecule has 2 atom stereocenters. The largest absolute Gasteiger partial charge is 0.464 e. The second kappa shape index (κ2) is 14.1. The van der Waals surface area contributed by atoms with Crippen LogP contribution in [0.15, 0.2) is 71.7 Å². The number of hydrogen-bond acceptors (Lipinski definition) is 8. The van der Waals surface area contributed by atoms with Gasteiger partial charge in [-0.15, -0.1) is 0 Å². The van der Waals surface area contributed by atoms with Gasteiger partial charge in [0.05, 0.1) is 48.9 Å². The predicted octanol–water partition coefficient (Wildman–Crippen LogP) is 7.67. The quantitative estimate of drug-likeness (QED) is 0.148. The van der Waals surface area contributed by atoms with E-state index in [1.807, 2.05) is 24.4 Å². The number of aromatic nitrogens is 5. The molecule has 2 aromatic carbocycles. The Bertz CT molecular complexity index is 2360. The van der Waals surface area contributed by atoms with Crippen LogP contribution in [-0.2, 0) is 9.47 Å². The third-order valence-electron chi connectivity index (χ3n) is 12.1. The van der Waals surface area contributed by atoms with Gasteiger partial charge in [-0.1, -0.05) is 24.0 Å². The molecule has 4 aromatic heterocycles. The number of morpholine rings is 1. The molecule has 1 saturated carbocycles. The number of halogens is 2. The van der Waals surface area contributed by atoms with E-state index < -0.39 is 6.43 Å². The van der Waals surface area contributed by atoms with Crippen LogP contribution in [0.3, 0.4) is 0 Å². The minimum atomic E-state index is -2.69. The summed E-state index contributed by atoms with van der Waals surface area (Å²) in [5.74, 6) is 7.92. The summed E-state index contributed by atoms with van der Waals surface area (Å²) in [5, 5.41) is 12.4. The maximum Gasteiger partial charge on any atom is 0.282 e. The summed E-state index contributed by atoms with van der Waals surface area (Å²) in [7, 11) is 0. The minimum Gasteiger partial charge on any atom is -0.464 e. The first-order valence-electron chi connectivity index (χ1n) is 19.4. The number of rotatable bonds is 8. The molecule has 0 spiro atoms. The van der Waals surface area contributed by atoms with Crippen molar-refractivity contribution < 1.29 is 22.7 Å². The van der Waals surface area contributed by atoms with Crippen LogP contribution in [0.2, 0.25) is 0 Å². The minimum absolute atomic E-state index is 0.0975. The molecule has 6 aromatic rings. The van der Waals surface area contributed by atoms with Crippen LogP contribution < -0.4 is 4.90 Å². The lowest BCUT2D eigenvalue weighted by Crippen LogP contribution is -2.40. The Balaban J connectivity index is 0.718. The van der Waals surface area contributed by atoms with Gasteiger partial charge in [0, 0.05) is 55.1 Å². The van der Waals surface area contributed by atoms with Crippen LogP contribution in [0.5, 0.6) is 0 Å². The van der Waals surface area contributed by atoms with Crippen molar-refractivity contribution >= 4 is 33.2 Å². The molecule has 278 valence electrons. The summed E-state index contributed by atoms with van der Waals surface area (Å²) >= 11 is 0. The van der Waals surface area contributed by atoms with Gasteiger partial charge >= 0.3 is 0 Å². The smallest absolute Gasteiger partial charge is 0.282 e. The van der Waals surface area contributed by atoms with E-state index in [9.17, 15) is 8.78 Å². The summed E-state index contributed by atoms with van der Waals surface area (Å²) in [6.45, 7) is 5.04. The first kappa shape index (κ1) is 33.7. The molecule has 0 radical (unpaired) electrons. The van der Waals surface area contributed by atoms with Gasteiger partial charge in [-0.2, -0.15) is 10.2 Å². The molecule has 3 aliphatic heterocycles. The molecule has 7 heterocycles. The lowest BCUT2D eigenvalue weighted by atomic mass is 9.85. The van der Waals surface area contributed by atoms with Crippen molar-refractivity contribution in [2.75, 3.05) is 44.3 Å². The Hall–Kier alpha value is -4.83. The molecule has 2 unspecified atom stereocenters.